The topological polar surface area (TPSA) is 74.8 Å². The van der Waals surface area contributed by atoms with E-state index in [9.17, 15) is 25.6 Å². The molecule has 1 aliphatic heterocycles. The van der Waals surface area contributed by atoms with Crippen LogP contribution in [-0.2, 0) is 19.9 Å². The summed E-state index contributed by atoms with van der Waals surface area (Å²) in [7, 11) is -7.57. The lowest BCUT2D eigenvalue weighted by Crippen LogP contribution is -2.49. The molecule has 0 aromatic heterocycles. The molecule has 0 spiro atoms. The first kappa shape index (κ1) is 20.7. The monoisotopic (exact) mass is 430 g/mol. The van der Waals surface area contributed by atoms with Crippen molar-refractivity contribution < 1.29 is 25.6 Å². The minimum atomic E-state index is -4.28. The maximum absolute atomic E-state index is 13.9. The number of hydrogen-bond acceptors (Lipinski definition) is 5. The zero-order valence-corrected chi connectivity index (χ0v) is 16.8. The number of sulfone groups is 1. The molecule has 0 bridgehead atoms. The van der Waals surface area contributed by atoms with E-state index in [4.69, 9.17) is 0 Å². The minimum Gasteiger partial charge on any atom is -0.369 e. The molecule has 0 atom stereocenters. The summed E-state index contributed by atoms with van der Waals surface area (Å²) in [6, 6.07) is 9.32. The van der Waals surface area contributed by atoms with E-state index in [-0.39, 0.29) is 23.7 Å². The van der Waals surface area contributed by atoms with Gasteiger partial charge in [-0.25, -0.2) is 25.6 Å². The molecule has 2 aromatic rings. The van der Waals surface area contributed by atoms with Crippen molar-refractivity contribution in [1.82, 2.24) is 4.31 Å². The van der Waals surface area contributed by atoms with Gasteiger partial charge in [0.15, 0.2) is 14.7 Å². The quantitative estimate of drug-likeness (QED) is 0.728. The normalized spacial score (nSPS) is 16.3. The third-order valence-electron chi connectivity index (χ3n) is 4.70. The summed E-state index contributed by atoms with van der Waals surface area (Å²) in [5, 5.41) is 0. The maximum atomic E-state index is 13.9. The highest BCUT2D eigenvalue weighted by atomic mass is 32.2. The largest absolute Gasteiger partial charge is 0.369 e. The van der Waals surface area contributed by atoms with E-state index >= 15 is 0 Å². The first-order valence-corrected chi connectivity index (χ1v) is 11.8. The van der Waals surface area contributed by atoms with E-state index in [0.717, 1.165) is 28.2 Å². The van der Waals surface area contributed by atoms with Crippen molar-refractivity contribution in [1.29, 1.82) is 0 Å². The Morgan fingerprint density at radius 3 is 1.89 bits per heavy atom. The van der Waals surface area contributed by atoms with Gasteiger partial charge in [0.25, 0.3) is 0 Å². The summed E-state index contributed by atoms with van der Waals surface area (Å²) in [6.07, 6.45) is 0. The molecular formula is C18H20F2N2O4S2. The van der Waals surface area contributed by atoms with E-state index in [2.05, 4.69) is 0 Å². The molecule has 6 nitrogen and oxygen atoms in total. The molecule has 0 aliphatic carbocycles. The van der Waals surface area contributed by atoms with Crippen LogP contribution in [0.1, 0.15) is 6.92 Å². The zero-order chi connectivity index (χ0) is 20.5. The van der Waals surface area contributed by atoms with Crippen LogP contribution >= 0.6 is 0 Å². The van der Waals surface area contributed by atoms with Crippen LogP contribution in [0, 0.1) is 11.6 Å². The molecular weight excluding hydrogens is 410 g/mol. The van der Waals surface area contributed by atoms with Crippen LogP contribution in [-0.4, -0.2) is 53.1 Å². The summed E-state index contributed by atoms with van der Waals surface area (Å²) in [4.78, 5) is 1.19. The van der Waals surface area contributed by atoms with Crippen molar-refractivity contribution in [2.45, 2.75) is 16.7 Å². The highest BCUT2D eigenvalue weighted by Crippen LogP contribution is 2.25. The van der Waals surface area contributed by atoms with Gasteiger partial charge in [-0.3, -0.25) is 0 Å². The molecule has 0 radical (unpaired) electrons. The van der Waals surface area contributed by atoms with Crippen molar-refractivity contribution in [3.05, 3.63) is 54.1 Å². The number of benzene rings is 2. The van der Waals surface area contributed by atoms with Gasteiger partial charge in [-0.2, -0.15) is 4.31 Å². The van der Waals surface area contributed by atoms with Crippen LogP contribution in [0.2, 0.25) is 0 Å². The van der Waals surface area contributed by atoms with Crippen LogP contribution in [0.4, 0.5) is 14.5 Å². The maximum Gasteiger partial charge on any atom is 0.249 e. The molecule has 0 saturated carbocycles. The molecule has 1 fully saturated rings. The molecule has 10 heteroatoms. The van der Waals surface area contributed by atoms with Crippen molar-refractivity contribution in [2.24, 2.45) is 0 Å². The fourth-order valence-electron chi connectivity index (χ4n) is 3.08. The van der Waals surface area contributed by atoms with Gasteiger partial charge in [0.05, 0.1) is 10.6 Å². The second-order valence-electron chi connectivity index (χ2n) is 6.34. The Morgan fingerprint density at radius 1 is 0.857 bits per heavy atom. The molecule has 1 aliphatic rings. The van der Waals surface area contributed by atoms with Gasteiger partial charge in [0, 0.05) is 31.9 Å². The van der Waals surface area contributed by atoms with Gasteiger partial charge < -0.3 is 4.90 Å². The Labute approximate surface area is 163 Å². The van der Waals surface area contributed by atoms with E-state index in [1.54, 1.807) is 19.1 Å². The Bertz CT molecular complexity index is 1040. The number of rotatable bonds is 5. The molecule has 0 amide bonds. The van der Waals surface area contributed by atoms with Gasteiger partial charge in [0.2, 0.25) is 10.0 Å². The molecule has 0 N–H and O–H groups in total. The van der Waals surface area contributed by atoms with Gasteiger partial charge in [-0.15, -0.1) is 0 Å². The van der Waals surface area contributed by atoms with E-state index in [0.29, 0.717) is 13.1 Å². The van der Waals surface area contributed by atoms with E-state index in [1.165, 1.54) is 12.1 Å². The van der Waals surface area contributed by atoms with Gasteiger partial charge in [0.1, 0.15) is 11.6 Å². The molecule has 1 saturated heterocycles. The zero-order valence-electron chi connectivity index (χ0n) is 15.2. The fraction of sp³-hybridized carbons (Fsp3) is 0.333. The molecule has 0 unspecified atom stereocenters. The molecule has 28 heavy (non-hydrogen) atoms. The first-order valence-electron chi connectivity index (χ1n) is 8.69. The molecule has 1 heterocycles. The Balaban J connectivity index is 1.74. The second-order valence-corrected chi connectivity index (χ2v) is 10.5. The predicted octanol–water partition coefficient (Wildman–Crippen LogP) is 2.27. The average molecular weight is 430 g/mol. The summed E-state index contributed by atoms with van der Waals surface area (Å²) in [5.74, 6) is -2.22. The Hall–Kier alpha value is -2.04. The van der Waals surface area contributed by atoms with Crippen molar-refractivity contribution in [3.8, 4) is 0 Å². The lowest BCUT2D eigenvalue weighted by molar-refractivity contribution is 0.378. The number of halogens is 2. The summed E-state index contributed by atoms with van der Waals surface area (Å²) >= 11 is 0. The number of nitrogens with zero attached hydrogens (tertiary/aromatic N) is 2. The Morgan fingerprint density at radius 2 is 1.39 bits per heavy atom. The summed E-state index contributed by atoms with van der Waals surface area (Å²) < 4.78 is 77.9. The van der Waals surface area contributed by atoms with Crippen molar-refractivity contribution >= 4 is 25.5 Å². The molecule has 2 aromatic carbocycles. The highest BCUT2D eigenvalue weighted by Gasteiger charge is 2.33. The number of sulfonamides is 1. The minimum absolute atomic E-state index is 0.00941. The fourth-order valence-corrected chi connectivity index (χ4v) is 5.49. The van der Waals surface area contributed by atoms with E-state index in [1.807, 2.05) is 4.90 Å². The lowest BCUT2D eigenvalue weighted by Gasteiger charge is -2.35. The van der Waals surface area contributed by atoms with Crippen molar-refractivity contribution in [3.63, 3.8) is 0 Å². The molecule has 152 valence electrons. The van der Waals surface area contributed by atoms with Gasteiger partial charge >= 0.3 is 0 Å². The highest BCUT2D eigenvalue weighted by molar-refractivity contribution is 7.91. The first-order chi connectivity index (χ1) is 13.2. The van der Waals surface area contributed by atoms with E-state index < -0.39 is 36.4 Å². The van der Waals surface area contributed by atoms with Crippen LogP contribution in [0.3, 0.4) is 0 Å². The number of hydrogen-bond donors (Lipinski definition) is 0. The third-order valence-corrected chi connectivity index (χ3v) is 8.40. The molecule has 3 rings (SSSR count). The van der Waals surface area contributed by atoms with Crippen LogP contribution < -0.4 is 4.90 Å². The van der Waals surface area contributed by atoms with Gasteiger partial charge in [-0.05, 0) is 36.4 Å². The number of anilines is 1. The smallest absolute Gasteiger partial charge is 0.249 e. The van der Waals surface area contributed by atoms with Crippen LogP contribution in [0.25, 0.3) is 0 Å². The lowest BCUT2D eigenvalue weighted by atomic mass is 10.2. The number of piperazine rings is 1. The summed E-state index contributed by atoms with van der Waals surface area (Å²) in [5.41, 5.74) is 0.754. The predicted molar refractivity (Wildman–Crippen MR) is 101 cm³/mol. The second kappa shape index (κ2) is 7.76. The van der Waals surface area contributed by atoms with Gasteiger partial charge in [-0.1, -0.05) is 13.0 Å². The SMILES string of the molecule is CCS(=O)(=O)c1ccc(N2CCN(S(=O)(=O)c3c(F)cccc3F)CC2)cc1. The van der Waals surface area contributed by atoms with Crippen LogP contribution in [0.5, 0.6) is 0 Å². The third kappa shape index (κ3) is 3.89. The standard InChI is InChI=1S/C18H20F2N2O4S2/c1-2-27(23,24)15-8-6-14(7-9-15)21-10-12-22(13-11-21)28(25,26)18-16(19)4-3-5-17(18)20/h3-9H,2,10-13H2,1H3. The van der Waals surface area contributed by atoms with Crippen molar-refractivity contribution in [2.75, 3.05) is 36.8 Å². The summed E-state index contributed by atoms with van der Waals surface area (Å²) in [6.45, 7) is 2.32. The van der Waals surface area contributed by atoms with Crippen LogP contribution in [0.15, 0.2) is 52.3 Å². The average Bonchev–Trinajstić information content (AvgIpc) is 2.68. The Kier molecular flexibility index (Phi) is 5.74.